The van der Waals surface area contributed by atoms with Crippen molar-refractivity contribution in [2.45, 2.75) is 233 Å². The fraction of sp³-hybridized carbons (Fsp3) is 0.864. The molecule has 0 spiro atoms. The topological polar surface area (TPSA) is 3.24 Å². The number of aryl methyl sites for hydroxylation is 2. The maximum Gasteiger partial charge on any atom is 0.0371 e. The SMILES string of the molecule is CCCCCCCCCCCCCCCCCCN(CCCCCCCCCCCCCCCCCC)c1cc(C)cc(C)c1. The number of hydrogen-bond donors (Lipinski definition) is 0. The van der Waals surface area contributed by atoms with Crippen LogP contribution in [0.2, 0.25) is 0 Å². The van der Waals surface area contributed by atoms with E-state index in [0.29, 0.717) is 0 Å². The minimum absolute atomic E-state index is 1.24. The molecule has 1 heteroatoms. The van der Waals surface area contributed by atoms with Crippen LogP contribution < -0.4 is 4.90 Å². The molecule has 1 nitrogen and oxygen atoms in total. The van der Waals surface area contributed by atoms with Gasteiger partial charge in [0.2, 0.25) is 0 Å². The minimum atomic E-state index is 1.24. The number of hydrogen-bond acceptors (Lipinski definition) is 1. The van der Waals surface area contributed by atoms with Gasteiger partial charge in [-0.3, -0.25) is 0 Å². The Hall–Kier alpha value is -0.980. The van der Waals surface area contributed by atoms with Crippen molar-refractivity contribution in [1.82, 2.24) is 0 Å². The second-order valence-corrected chi connectivity index (χ2v) is 14.9. The first-order valence-corrected chi connectivity index (χ1v) is 21.0. The van der Waals surface area contributed by atoms with Crippen molar-refractivity contribution in [1.29, 1.82) is 0 Å². The van der Waals surface area contributed by atoms with Gasteiger partial charge in [0.15, 0.2) is 0 Å². The number of unbranched alkanes of at least 4 members (excludes halogenated alkanes) is 30. The third kappa shape index (κ3) is 27.8. The maximum atomic E-state index is 2.72. The third-order valence-electron chi connectivity index (χ3n) is 10.1. The molecule has 0 saturated carbocycles. The zero-order valence-electron chi connectivity index (χ0n) is 31.7. The second kappa shape index (κ2) is 32.9. The van der Waals surface area contributed by atoms with E-state index in [0.717, 1.165) is 0 Å². The summed E-state index contributed by atoms with van der Waals surface area (Å²) >= 11 is 0. The van der Waals surface area contributed by atoms with Crippen molar-refractivity contribution in [3.8, 4) is 0 Å². The van der Waals surface area contributed by atoms with Crippen LogP contribution in [0.25, 0.3) is 0 Å². The lowest BCUT2D eigenvalue weighted by Crippen LogP contribution is -2.26. The molecule has 264 valence electrons. The zero-order valence-corrected chi connectivity index (χ0v) is 31.7. The van der Waals surface area contributed by atoms with Gasteiger partial charge in [0.25, 0.3) is 0 Å². The van der Waals surface area contributed by atoms with Crippen molar-refractivity contribution >= 4 is 5.69 Å². The van der Waals surface area contributed by atoms with E-state index in [1.54, 1.807) is 0 Å². The first kappa shape index (κ1) is 42.0. The average Bonchev–Trinajstić information content (AvgIpc) is 3.02. The summed E-state index contributed by atoms with van der Waals surface area (Å²) < 4.78 is 0. The summed E-state index contributed by atoms with van der Waals surface area (Å²) in [5.74, 6) is 0. The molecule has 0 unspecified atom stereocenters. The molecule has 1 aromatic rings. The van der Waals surface area contributed by atoms with Crippen LogP contribution in [0.5, 0.6) is 0 Å². The van der Waals surface area contributed by atoms with Crippen molar-refractivity contribution < 1.29 is 0 Å². The molecule has 0 aliphatic carbocycles. The molecular formula is C44H83N. The molecule has 0 aliphatic rings. The molecule has 0 radical (unpaired) electrons. The van der Waals surface area contributed by atoms with Crippen LogP contribution in [-0.4, -0.2) is 13.1 Å². The predicted molar refractivity (Wildman–Crippen MR) is 207 cm³/mol. The van der Waals surface area contributed by atoms with Gasteiger partial charge >= 0.3 is 0 Å². The summed E-state index contributed by atoms with van der Waals surface area (Å²) in [5, 5.41) is 0. The zero-order chi connectivity index (χ0) is 32.5. The average molecular weight is 626 g/mol. The molecule has 0 bridgehead atoms. The Bertz CT molecular complexity index is 667. The highest BCUT2D eigenvalue weighted by molar-refractivity contribution is 5.50. The second-order valence-electron chi connectivity index (χ2n) is 14.9. The summed E-state index contributed by atoms with van der Waals surface area (Å²) in [6.07, 6.45) is 46.2. The van der Waals surface area contributed by atoms with E-state index >= 15 is 0 Å². The Kier molecular flexibility index (Phi) is 30.8. The summed E-state index contributed by atoms with van der Waals surface area (Å²) in [7, 11) is 0. The van der Waals surface area contributed by atoms with Crippen LogP contribution in [0.1, 0.15) is 230 Å². The first-order chi connectivity index (χ1) is 22.2. The van der Waals surface area contributed by atoms with Crippen LogP contribution in [0.4, 0.5) is 5.69 Å². The lowest BCUT2D eigenvalue weighted by molar-refractivity contribution is 0.524. The fourth-order valence-corrected chi connectivity index (χ4v) is 7.20. The molecule has 1 rings (SSSR count). The van der Waals surface area contributed by atoms with Crippen LogP contribution >= 0.6 is 0 Å². The molecule has 1 aromatic carbocycles. The third-order valence-corrected chi connectivity index (χ3v) is 10.1. The molecule has 0 N–H and O–H groups in total. The standard InChI is InChI=1S/C44H83N/c1-5-7-9-11-13-15-17-19-21-23-25-27-29-31-33-35-37-45(44-40-42(3)39-43(4)41-44)38-36-34-32-30-28-26-24-22-20-18-16-14-12-10-8-6-2/h39-41H,5-38H2,1-4H3. The van der Waals surface area contributed by atoms with Gasteiger partial charge in [-0.25, -0.2) is 0 Å². The normalized spacial score (nSPS) is 11.5. The number of rotatable bonds is 35. The monoisotopic (exact) mass is 626 g/mol. The van der Waals surface area contributed by atoms with E-state index in [1.165, 1.54) is 235 Å². The van der Waals surface area contributed by atoms with Crippen molar-refractivity contribution in [3.63, 3.8) is 0 Å². The maximum absolute atomic E-state index is 2.72. The van der Waals surface area contributed by atoms with Gasteiger partial charge in [0.1, 0.15) is 0 Å². The van der Waals surface area contributed by atoms with Crippen LogP contribution in [0.3, 0.4) is 0 Å². The molecule has 0 heterocycles. The molecule has 0 atom stereocenters. The molecule has 0 saturated heterocycles. The Morgan fingerprint density at radius 1 is 0.311 bits per heavy atom. The van der Waals surface area contributed by atoms with Gasteiger partial charge in [-0.15, -0.1) is 0 Å². The smallest absolute Gasteiger partial charge is 0.0371 e. The first-order valence-electron chi connectivity index (χ1n) is 21.0. The van der Waals surface area contributed by atoms with Crippen LogP contribution in [-0.2, 0) is 0 Å². The Labute approximate surface area is 285 Å². The van der Waals surface area contributed by atoms with E-state index in [2.05, 4.69) is 50.8 Å². The van der Waals surface area contributed by atoms with Gasteiger partial charge in [0.05, 0.1) is 0 Å². The van der Waals surface area contributed by atoms with Gasteiger partial charge in [-0.05, 0) is 49.9 Å². The number of anilines is 1. The van der Waals surface area contributed by atoms with Crippen molar-refractivity contribution in [2.24, 2.45) is 0 Å². The summed E-state index contributed by atoms with van der Waals surface area (Å²) in [6, 6.07) is 7.17. The lowest BCUT2D eigenvalue weighted by atomic mass is 10.0. The minimum Gasteiger partial charge on any atom is -0.372 e. The Morgan fingerprint density at radius 2 is 0.533 bits per heavy atom. The van der Waals surface area contributed by atoms with Crippen LogP contribution in [0, 0.1) is 13.8 Å². The van der Waals surface area contributed by atoms with Crippen molar-refractivity contribution in [3.05, 3.63) is 29.3 Å². The number of benzene rings is 1. The van der Waals surface area contributed by atoms with E-state index in [4.69, 9.17) is 0 Å². The van der Waals surface area contributed by atoms with Gasteiger partial charge < -0.3 is 4.90 Å². The predicted octanol–water partition coefficient (Wildman–Crippen LogP) is 15.6. The van der Waals surface area contributed by atoms with E-state index in [1.807, 2.05) is 0 Å². The Balaban J connectivity index is 2.07. The Morgan fingerprint density at radius 3 is 0.778 bits per heavy atom. The van der Waals surface area contributed by atoms with Crippen LogP contribution in [0.15, 0.2) is 18.2 Å². The number of nitrogens with zero attached hydrogens (tertiary/aromatic N) is 1. The summed E-state index contributed by atoms with van der Waals surface area (Å²) in [5.41, 5.74) is 4.29. The van der Waals surface area contributed by atoms with Gasteiger partial charge in [-0.2, -0.15) is 0 Å². The highest BCUT2D eigenvalue weighted by atomic mass is 15.1. The summed E-state index contributed by atoms with van der Waals surface area (Å²) in [6.45, 7) is 11.6. The van der Waals surface area contributed by atoms with Gasteiger partial charge in [0, 0.05) is 18.8 Å². The summed E-state index contributed by atoms with van der Waals surface area (Å²) in [4.78, 5) is 2.72. The van der Waals surface area contributed by atoms with Gasteiger partial charge in [-0.1, -0.05) is 213 Å². The molecular weight excluding hydrogens is 542 g/mol. The van der Waals surface area contributed by atoms with E-state index in [-0.39, 0.29) is 0 Å². The molecule has 45 heavy (non-hydrogen) atoms. The lowest BCUT2D eigenvalue weighted by Gasteiger charge is -2.26. The molecule has 0 amide bonds. The van der Waals surface area contributed by atoms with E-state index < -0.39 is 0 Å². The highest BCUT2D eigenvalue weighted by Gasteiger charge is 2.08. The largest absolute Gasteiger partial charge is 0.372 e. The molecule has 0 aliphatic heterocycles. The quantitative estimate of drug-likeness (QED) is 0.0678. The fourth-order valence-electron chi connectivity index (χ4n) is 7.20. The molecule has 0 aromatic heterocycles. The highest BCUT2D eigenvalue weighted by Crippen LogP contribution is 2.22. The molecule has 0 fully saturated rings. The van der Waals surface area contributed by atoms with E-state index in [9.17, 15) is 0 Å². The van der Waals surface area contributed by atoms with Crippen molar-refractivity contribution in [2.75, 3.05) is 18.0 Å².